The van der Waals surface area contributed by atoms with Gasteiger partial charge in [0.05, 0.1) is 36.3 Å². The van der Waals surface area contributed by atoms with Gasteiger partial charge >= 0.3 is 0 Å². The van der Waals surface area contributed by atoms with Gasteiger partial charge in [-0.15, -0.1) is 5.10 Å². The summed E-state index contributed by atoms with van der Waals surface area (Å²) in [5, 5.41) is 11.8. The molecule has 8 nitrogen and oxygen atoms in total. The van der Waals surface area contributed by atoms with Gasteiger partial charge in [-0.05, 0) is 24.7 Å². The number of benzene rings is 1. The number of rotatable bonds is 5. The van der Waals surface area contributed by atoms with E-state index >= 15 is 0 Å². The van der Waals surface area contributed by atoms with E-state index in [0.29, 0.717) is 0 Å². The SMILES string of the molecule is CN1CCO[C@@H](CNCc2ccc3c(c2)nnn3C)[C@@H]1c1cncn1C. The van der Waals surface area contributed by atoms with E-state index in [1.165, 1.54) is 11.3 Å². The number of morpholine rings is 1. The zero-order valence-electron chi connectivity index (χ0n) is 15.5. The Kier molecular flexibility index (Phi) is 4.71. The highest BCUT2D eigenvalue weighted by Crippen LogP contribution is 2.27. The van der Waals surface area contributed by atoms with Gasteiger partial charge in [-0.1, -0.05) is 11.3 Å². The van der Waals surface area contributed by atoms with Crippen LogP contribution in [0.15, 0.2) is 30.7 Å². The summed E-state index contributed by atoms with van der Waals surface area (Å²) in [4.78, 5) is 6.62. The maximum atomic E-state index is 6.08. The average Bonchev–Trinajstić information content (AvgIpc) is 3.21. The Balaban J connectivity index is 1.42. The zero-order chi connectivity index (χ0) is 18.1. The number of nitrogens with zero attached hydrogens (tertiary/aromatic N) is 6. The van der Waals surface area contributed by atoms with Gasteiger partial charge in [0.1, 0.15) is 5.52 Å². The molecule has 0 saturated carbocycles. The van der Waals surface area contributed by atoms with Crippen LogP contribution in [0.1, 0.15) is 17.3 Å². The highest BCUT2D eigenvalue weighted by atomic mass is 16.5. The molecule has 0 aliphatic carbocycles. The van der Waals surface area contributed by atoms with Crippen molar-refractivity contribution in [3.05, 3.63) is 42.0 Å². The maximum Gasteiger partial charge on any atom is 0.113 e. The second-order valence-electron chi connectivity index (χ2n) is 6.93. The van der Waals surface area contributed by atoms with Crippen LogP contribution in [0.5, 0.6) is 0 Å². The summed E-state index contributed by atoms with van der Waals surface area (Å²) in [6.07, 6.45) is 3.87. The number of aromatic nitrogens is 5. The van der Waals surface area contributed by atoms with E-state index in [0.717, 1.165) is 37.3 Å². The fourth-order valence-corrected chi connectivity index (χ4v) is 3.66. The molecule has 0 spiro atoms. The number of imidazole rings is 1. The van der Waals surface area contributed by atoms with Crippen molar-refractivity contribution in [3.63, 3.8) is 0 Å². The maximum absolute atomic E-state index is 6.08. The summed E-state index contributed by atoms with van der Waals surface area (Å²) in [5.74, 6) is 0. The Morgan fingerprint density at radius 3 is 2.96 bits per heavy atom. The lowest BCUT2D eigenvalue weighted by Gasteiger charge is -2.39. The first kappa shape index (κ1) is 17.1. The van der Waals surface area contributed by atoms with Crippen molar-refractivity contribution >= 4 is 11.0 Å². The molecule has 2 aromatic heterocycles. The number of hydrogen-bond donors (Lipinski definition) is 1. The van der Waals surface area contributed by atoms with Crippen molar-refractivity contribution in [2.24, 2.45) is 14.1 Å². The molecule has 1 fully saturated rings. The molecule has 2 atom stereocenters. The van der Waals surface area contributed by atoms with Gasteiger partial charge in [-0.3, -0.25) is 4.90 Å². The van der Waals surface area contributed by atoms with Crippen molar-refractivity contribution in [1.82, 2.24) is 34.8 Å². The molecule has 0 bridgehead atoms. The van der Waals surface area contributed by atoms with E-state index in [4.69, 9.17) is 4.74 Å². The molecule has 1 N–H and O–H groups in total. The molecule has 138 valence electrons. The lowest BCUT2D eigenvalue weighted by Crippen LogP contribution is -2.47. The Morgan fingerprint density at radius 1 is 1.27 bits per heavy atom. The van der Waals surface area contributed by atoms with Gasteiger partial charge in [-0.2, -0.15) is 0 Å². The number of fused-ring (bicyclic) bond motifs is 1. The van der Waals surface area contributed by atoms with Crippen LogP contribution in [-0.4, -0.2) is 62.3 Å². The second-order valence-corrected chi connectivity index (χ2v) is 6.93. The predicted octanol–water partition coefficient (Wildman–Crippen LogP) is 0.863. The summed E-state index contributed by atoms with van der Waals surface area (Å²) in [6.45, 7) is 3.23. The highest BCUT2D eigenvalue weighted by molar-refractivity contribution is 5.74. The molecule has 1 saturated heterocycles. The predicted molar refractivity (Wildman–Crippen MR) is 98.5 cm³/mol. The van der Waals surface area contributed by atoms with Crippen LogP contribution in [0, 0.1) is 0 Å². The van der Waals surface area contributed by atoms with Gasteiger partial charge in [0, 0.05) is 39.9 Å². The van der Waals surface area contributed by atoms with Crippen LogP contribution in [0.4, 0.5) is 0 Å². The van der Waals surface area contributed by atoms with Crippen molar-refractivity contribution in [2.45, 2.75) is 18.7 Å². The van der Waals surface area contributed by atoms with Crippen LogP contribution < -0.4 is 5.32 Å². The van der Waals surface area contributed by atoms with Crippen LogP contribution in [-0.2, 0) is 25.4 Å². The van der Waals surface area contributed by atoms with Crippen molar-refractivity contribution in [3.8, 4) is 0 Å². The Labute approximate surface area is 152 Å². The van der Waals surface area contributed by atoms with Gasteiger partial charge in [0.2, 0.25) is 0 Å². The fraction of sp³-hybridized carbons (Fsp3) is 0.500. The molecule has 0 radical (unpaired) electrons. The van der Waals surface area contributed by atoms with Crippen molar-refractivity contribution in [2.75, 3.05) is 26.7 Å². The number of aryl methyl sites for hydroxylation is 2. The molecule has 0 unspecified atom stereocenters. The first-order valence-electron chi connectivity index (χ1n) is 8.90. The Morgan fingerprint density at radius 2 is 2.15 bits per heavy atom. The van der Waals surface area contributed by atoms with E-state index < -0.39 is 0 Å². The van der Waals surface area contributed by atoms with Crippen LogP contribution >= 0.6 is 0 Å². The van der Waals surface area contributed by atoms with Crippen LogP contribution in [0.25, 0.3) is 11.0 Å². The quantitative estimate of drug-likeness (QED) is 0.732. The largest absolute Gasteiger partial charge is 0.374 e. The standard InChI is InChI=1S/C18H25N7O/c1-23-6-7-26-17(18(23)16-10-20-12-24(16)2)11-19-9-13-4-5-15-14(8-13)21-22-25(15)3/h4-5,8,10,12,17-19H,6-7,9,11H2,1-3H3/t17-,18-/m0/s1. The molecular formula is C18H25N7O. The zero-order valence-corrected chi connectivity index (χ0v) is 15.5. The topological polar surface area (TPSA) is 73.0 Å². The Bertz CT molecular complexity index is 887. The highest BCUT2D eigenvalue weighted by Gasteiger charge is 2.32. The lowest BCUT2D eigenvalue weighted by molar-refractivity contribution is -0.0636. The summed E-state index contributed by atoms with van der Waals surface area (Å²) in [6, 6.07) is 6.47. The first-order chi connectivity index (χ1) is 12.6. The Hall–Kier alpha value is -2.29. The minimum Gasteiger partial charge on any atom is -0.374 e. The van der Waals surface area contributed by atoms with E-state index in [1.807, 2.05) is 26.6 Å². The lowest BCUT2D eigenvalue weighted by atomic mass is 10.0. The smallest absolute Gasteiger partial charge is 0.113 e. The summed E-state index contributed by atoms with van der Waals surface area (Å²) >= 11 is 0. The van der Waals surface area contributed by atoms with E-state index in [9.17, 15) is 0 Å². The van der Waals surface area contributed by atoms with Gasteiger partial charge in [0.25, 0.3) is 0 Å². The van der Waals surface area contributed by atoms with Crippen molar-refractivity contribution in [1.29, 1.82) is 0 Å². The summed E-state index contributed by atoms with van der Waals surface area (Å²) in [5.41, 5.74) is 4.34. The van der Waals surface area contributed by atoms with Gasteiger partial charge in [-0.25, -0.2) is 9.67 Å². The van der Waals surface area contributed by atoms with Gasteiger partial charge < -0.3 is 14.6 Å². The molecule has 0 amide bonds. The minimum absolute atomic E-state index is 0.0874. The third-order valence-corrected chi connectivity index (χ3v) is 5.11. The number of hydrogen-bond acceptors (Lipinski definition) is 6. The molecular weight excluding hydrogens is 330 g/mol. The van der Waals surface area contributed by atoms with E-state index in [-0.39, 0.29) is 12.1 Å². The fourth-order valence-electron chi connectivity index (χ4n) is 3.66. The minimum atomic E-state index is 0.0874. The number of ether oxygens (including phenoxy) is 1. The first-order valence-corrected chi connectivity index (χ1v) is 8.90. The molecule has 3 aromatic rings. The molecule has 3 heterocycles. The normalized spacial score (nSPS) is 21.5. The molecule has 1 aliphatic heterocycles. The van der Waals surface area contributed by atoms with E-state index in [2.05, 4.69) is 55.3 Å². The average molecular weight is 355 g/mol. The van der Waals surface area contributed by atoms with Crippen LogP contribution in [0.2, 0.25) is 0 Å². The van der Waals surface area contributed by atoms with Gasteiger partial charge in [0.15, 0.2) is 0 Å². The molecule has 4 rings (SSSR count). The third-order valence-electron chi connectivity index (χ3n) is 5.11. The van der Waals surface area contributed by atoms with Crippen molar-refractivity contribution < 1.29 is 4.74 Å². The summed E-state index contributed by atoms with van der Waals surface area (Å²) in [7, 11) is 6.09. The molecule has 26 heavy (non-hydrogen) atoms. The molecule has 1 aliphatic rings. The number of likely N-dealkylation sites (N-methyl/N-ethyl adjacent to an activating group) is 1. The molecule has 8 heteroatoms. The summed E-state index contributed by atoms with van der Waals surface area (Å²) < 4.78 is 9.94. The third kappa shape index (κ3) is 3.23. The van der Waals surface area contributed by atoms with Crippen LogP contribution in [0.3, 0.4) is 0 Å². The monoisotopic (exact) mass is 355 g/mol. The molecule has 1 aromatic carbocycles. The second kappa shape index (κ2) is 7.14. The number of nitrogens with one attached hydrogen (secondary N) is 1. The van der Waals surface area contributed by atoms with E-state index in [1.54, 1.807) is 4.68 Å².